The van der Waals surface area contributed by atoms with E-state index in [-0.39, 0.29) is 6.42 Å². The summed E-state index contributed by atoms with van der Waals surface area (Å²) in [6.07, 6.45) is -1.81. The Morgan fingerprint density at radius 2 is 1.92 bits per heavy atom. The van der Waals surface area contributed by atoms with Gasteiger partial charge in [0.2, 0.25) is 0 Å². The molecule has 0 aliphatic heterocycles. The van der Waals surface area contributed by atoms with Crippen molar-refractivity contribution in [3.63, 3.8) is 0 Å². The van der Waals surface area contributed by atoms with Crippen molar-refractivity contribution in [3.8, 4) is 0 Å². The lowest BCUT2D eigenvalue weighted by molar-refractivity contribution is -0.146. The summed E-state index contributed by atoms with van der Waals surface area (Å²) in [6, 6.07) is 0. The van der Waals surface area contributed by atoms with Crippen LogP contribution in [0.2, 0.25) is 0 Å². The molecule has 0 aromatic heterocycles. The van der Waals surface area contributed by atoms with Gasteiger partial charge >= 0.3 is 5.97 Å². The third kappa shape index (κ3) is 3.71. The number of rotatable bonds is 5. The molecular formula is C6H12O6S. The highest BCUT2D eigenvalue weighted by Gasteiger charge is 2.34. The molecule has 0 aromatic carbocycles. The summed E-state index contributed by atoms with van der Waals surface area (Å²) in [5.74, 6) is -1.66. The summed E-state index contributed by atoms with van der Waals surface area (Å²) < 4.78 is 29.8. The van der Waals surface area contributed by atoms with Crippen LogP contribution in [0.25, 0.3) is 0 Å². The van der Waals surface area contributed by atoms with Gasteiger partial charge in [-0.25, -0.2) is 4.79 Å². The van der Waals surface area contributed by atoms with E-state index in [0.29, 0.717) is 6.42 Å². The molecule has 0 saturated carbocycles. The molecule has 2 unspecified atom stereocenters. The number of aliphatic hydroxyl groups excluding tert-OH is 1. The van der Waals surface area contributed by atoms with Crippen molar-refractivity contribution in [3.05, 3.63) is 0 Å². The van der Waals surface area contributed by atoms with Gasteiger partial charge in [-0.1, -0.05) is 13.3 Å². The summed E-state index contributed by atoms with van der Waals surface area (Å²) in [7, 11) is -4.50. The second kappa shape index (κ2) is 4.54. The number of aliphatic hydroxyl groups is 1. The van der Waals surface area contributed by atoms with Crippen LogP contribution < -0.4 is 0 Å². The Morgan fingerprint density at radius 3 is 2.15 bits per heavy atom. The maximum atomic E-state index is 10.6. The van der Waals surface area contributed by atoms with Crippen LogP contribution in [-0.2, 0) is 14.9 Å². The van der Waals surface area contributed by atoms with Crippen LogP contribution in [0, 0.1) is 0 Å². The summed E-state index contributed by atoms with van der Waals surface area (Å²) in [4.78, 5) is 10.2. The number of hydrogen-bond donors (Lipinski definition) is 3. The molecule has 0 amide bonds. The SMILES string of the molecule is CCCC(C(O)C(=O)O)S(=O)(=O)O. The minimum atomic E-state index is -4.50. The largest absolute Gasteiger partial charge is 0.479 e. The van der Waals surface area contributed by atoms with Crippen LogP contribution in [-0.4, -0.2) is 40.5 Å². The zero-order valence-corrected chi connectivity index (χ0v) is 7.86. The Hall–Kier alpha value is -0.660. The minimum absolute atomic E-state index is 0.0910. The molecule has 0 aliphatic carbocycles. The normalized spacial score (nSPS) is 16.5. The van der Waals surface area contributed by atoms with Crippen molar-refractivity contribution in [2.45, 2.75) is 31.1 Å². The molecule has 0 aliphatic rings. The molecule has 0 bridgehead atoms. The molecule has 0 spiro atoms. The van der Waals surface area contributed by atoms with E-state index < -0.39 is 27.4 Å². The Kier molecular flexibility index (Phi) is 4.31. The molecular weight excluding hydrogens is 200 g/mol. The van der Waals surface area contributed by atoms with Gasteiger partial charge in [-0.15, -0.1) is 0 Å². The fourth-order valence-electron chi connectivity index (χ4n) is 0.913. The predicted molar refractivity (Wildman–Crippen MR) is 43.9 cm³/mol. The van der Waals surface area contributed by atoms with Gasteiger partial charge in [0.25, 0.3) is 10.1 Å². The Labute approximate surface area is 75.9 Å². The molecule has 78 valence electrons. The van der Waals surface area contributed by atoms with Crippen molar-refractivity contribution in [1.29, 1.82) is 0 Å². The maximum Gasteiger partial charge on any atom is 0.333 e. The van der Waals surface area contributed by atoms with Gasteiger partial charge in [-0.3, -0.25) is 4.55 Å². The number of carboxylic acid groups (broad SMARTS) is 1. The predicted octanol–water partition coefficient (Wildman–Crippen LogP) is -0.512. The lowest BCUT2D eigenvalue weighted by Gasteiger charge is -2.15. The van der Waals surface area contributed by atoms with E-state index in [9.17, 15) is 13.2 Å². The van der Waals surface area contributed by atoms with E-state index in [1.807, 2.05) is 0 Å². The van der Waals surface area contributed by atoms with Crippen molar-refractivity contribution in [2.75, 3.05) is 0 Å². The van der Waals surface area contributed by atoms with E-state index in [4.69, 9.17) is 14.8 Å². The monoisotopic (exact) mass is 212 g/mol. The smallest absolute Gasteiger partial charge is 0.333 e. The molecule has 0 radical (unpaired) electrons. The molecule has 0 saturated heterocycles. The van der Waals surface area contributed by atoms with Gasteiger partial charge in [-0.05, 0) is 6.42 Å². The number of hydrogen-bond acceptors (Lipinski definition) is 4. The molecule has 7 heteroatoms. The fraction of sp³-hybridized carbons (Fsp3) is 0.833. The lowest BCUT2D eigenvalue weighted by atomic mass is 10.1. The third-order valence-corrected chi connectivity index (χ3v) is 2.82. The topological polar surface area (TPSA) is 112 Å². The lowest BCUT2D eigenvalue weighted by Crippen LogP contribution is -2.39. The second-order valence-electron chi connectivity index (χ2n) is 2.63. The first-order valence-corrected chi connectivity index (χ1v) is 5.18. The number of carbonyl (C=O) groups is 1. The van der Waals surface area contributed by atoms with Crippen LogP contribution in [0.15, 0.2) is 0 Å². The van der Waals surface area contributed by atoms with E-state index in [0.717, 1.165) is 0 Å². The summed E-state index contributed by atoms with van der Waals surface area (Å²) in [6.45, 7) is 1.62. The zero-order chi connectivity index (χ0) is 10.6. The van der Waals surface area contributed by atoms with Crippen molar-refractivity contribution in [2.24, 2.45) is 0 Å². The van der Waals surface area contributed by atoms with Crippen molar-refractivity contribution >= 4 is 16.1 Å². The zero-order valence-electron chi connectivity index (χ0n) is 7.04. The molecule has 6 nitrogen and oxygen atoms in total. The first-order valence-electron chi connectivity index (χ1n) is 3.67. The molecule has 0 aromatic rings. The van der Waals surface area contributed by atoms with Crippen LogP contribution in [0.1, 0.15) is 19.8 Å². The van der Waals surface area contributed by atoms with Gasteiger partial charge in [0.15, 0.2) is 6.10 Å². The molecule has 13 heavy (non-hydrogen) atoms. The standard InChI is InChI=1S/C6H12O6S/c1-2-3-4(13(10,11)12)5(7)6(8)9/h4-5,7H,2-3H2,1H3,(H,8,9)(H,10,11,12). The van der Waals surface area contributed by atoms with Crippen molar-refractivity contribution in [1.82, 2.24) is 0 Å². The van der Waals surface area contributed by atoms with Crippen molar-refractivity contribution < 1.29 is 28.0 Å². The minimum Gasteiger partial charge on any atom is -0.479 e. The van der Waals surface area contributed by atoms with Crippen LogP contribution in [0.4, 0.5) is 0 Å². The highest BCUT2D eigenvalue weighted by molar-refractivity contribution is 7.86. The molecule has 3 N–H and O–H groups in total. The van der Waals surface area contributed by atoms with Gasteiger partial charge in [0.05, 0.1) is 0 Å². The molecule has 2 atom stereocenters. The Balaban J connectivity index is 4.72. The second-order valence-corrected chi connectivity index (χ2v) is 4.26. The Bertz CT molecular complexity index is 269. The third-order valence-electron chi connectivity index (χ3n) is 1.56. The maximum absolute atomic E-state index is 10.6. The number of aliphatic carboxylic acids is 1. The van der Waals surface area contributed by atoms with Gasteiger partial charge in [0.1, 0.15) is 5.25 Å². The van der Waals surface area contributed by atoms with Crippen LogP contribution in [0.5, 0.6) is 0 Å². The first-order chi connectivity index (χ1) is 5.80. The summed E-state index contributed by atoms with van der Waals surface area (Å²) in [5.41, 5.74) is 0. The van der Waals surface area contributed by atoms with Gasteiger partial charge < -0.3 is 10.2 Å². The van der Waals surface area contributed by atoms with E-state index in [2.05, 4.69) is 0 Å². The highest BCUT2D eigenvalue weighted by atomic mass is 32.2. The van der Waals surface area contributed by atoms with E-state index in [1.165, 1.54) is 0 Å². The fourth-order valence-corrected chi connectivity index (χ4v) is 1.89. The van der Waals surface area contributed by atoms with Gasteiger partial charge in [0, 0.05) is 0 Å². The van der Waals surface area contributed by atoms with Gasteiger partial charge in [-0.2, -0.15) is 8.42 Å². The average Bonchev–Trinajstić information content (AvgIpc) is 1.96. The highest BCUT2D eigenvalue weighted by Crippen LogP contribution is 2.12. The Morgan fingerprint density at radius 1 is 1.46 bits per heavy atom. The quantitative estimate of drug-likeness (QED) is 0.529. The average molecular weight is 212 g/mol. The molecule has 0 heterocycles. The van der Waals surface area contributed by atoms with E-state index in [1.54, 1.807) is 6.92 Å². The van der Waals surface area contributed by atoms with Crippen LogP contribution in [0.3, 0.4) is 0 Å². The molecule has 0 rings (SSSR count). The number of carboxylic acids is 1. The summed E-state index contributed by atoms with van der Waals surface area (Å²) >= 11 is 0. The van der Waals surface area contributed by atoms with E-state index >= 15 is 0 Å². The summed E-state index contributed by atoms with van der Waals surface area (Å²) in [5, 5.41) is 15.6. The van der Waals surface area contributed by atoms with Crippen LogP contribution >= 0.6 is 0 Å². The molecule has 0 fully saturated rings. The first kappa shape index (κ1) is 12.3.